The molecule has 2 aromatic rings. The molecule has 1 heterocycles. The highest BCUT2D eigenvalue weighted by atomic mass is 32.1. The maximum atomic E-state index is 13.3. The van der Waals surface area contributed by atoms with Crippen molar-refractivity contribution >= 4 is 29.1 Å². The first-order chi connectivity index (χ1) is 18.4. The van der Waals surface area contributed by atoms with Gasteiger partial charge in [0.1, 0.15) is 0 Å². The molecule has 3 saturated carbocycles. The van der Waals surface area contributed by atoms with Crippen LogP contribution >= 0.6 is 11.3 Å². The Balaban J connectivity index is 1.48. The van der Waals surface area contributed by atoms with Crippen molar-refractivity contribution in [1.82, 2.24) is 15.6 Å². The van der Waals surface area contributed by atoms with Crippen molar-refractivity contribution in [1.29, 1.82) is 0 Å². The Hall–Kier alpha value is -2.74. The average molecular weight is 552 g/mol. The number of nitrogens with one attached hydrogen (secondary N) is 2. The lowest BCUT2D eigenvalue weighted by molar-refractivity contribution is -0.145. The normalized spacial score (nSPS) is 22.6. The van der Waals surface area contributed by atoms with Gasteiger partial charge in [0.25, 0.3) is 11.8 Å². The van der Waals surface area contributed by atoms with Gasteiger partial charge in [0, 0.05) is 17.1 Å². The van der Waals surface area contributed by atoms with Crippen LogP contribution in [0.4, 0.5) is 0 Å². The van der Waals surface area contributed by atoms with Crippen LogP contribution in [0.1, 0.15) is 117 Å². The lowest BCUT2D eigenvalue weighted by Crippen LogP contribution is -2.46. The molecule has 0 saturated heterocycles. The molecule has 3 fully saturated rings. The number of nitrogens with zero attached hydrogens (tertiary/aromatic N) is 1. The highest BCUT2D eigenvalue weighted by Gasteiger charge is 2.40. The van der Waals surface area contributed by atoms with Gasteiger partial charge >= 0.3 is 5.97 Å². The lowest BCUT2D eigenvalue weighted by Gasteiger charge is -2.32. The summed E-state index contributed by atoms with van der Waals surface area (Å²) in [7, 11) is 0. The smallest absolute Gasteiger partial charge is 0.306 e. The van der Waals surface area contributed by atoms with E-state index in [4.69, 9.17) is 4.98 Å². The molecule has 210 valence electrons. The zero-order valence-corrected chi connectivity index (χ0v) is 24.4. The van der Waals surface area contributed by atoms with Crippen LogP contribution in [-0.2, 0) is 16.6 Å². The Bertz CT molecular complexity index is 1260. The highest BCUT2D eigenvalue weighted by molar-refractivity contribution is 7.17. The van der Waals surface area contributed by atoms with Gasteiger partial charge in [-0.05, 0) is 93.5 Å². The number of hydrogen-bond acceptors (Lipinski definition) is 5. The zero-order valence-electron chi connectivity index (χ0n) is 23.6. The maximum absolute atomic E-state index is 13.3. The first-order valence-corrected chi connectivity index (χ1v) is 15.2. The van der Waals surface area contributed by atoms with Crippen LogP contribution in [0.2, 0.25) is 0 Å². The minimum atomic E-state index is -0.803. The highest BCUT2D eigenvalue weighted by Crippen LogP contribution is 2.49. The van der Waals surface area contributed by atoms with Crippen LogP contribution in [0.25, 0.3) is 10.4 Å². The fraction of sp³-hybridized carbons (Fsp3) is 0.613. The molecule has 0 atom stereocenters. The van der Waals surface area contributed by atoms with Gasteiger partial charge in [0.05, 0.1) is 16.5 Å². The predicted octanol–water partition coefficient (Wildman–Crippen LogP) is 6.11. The Kier molecular flexibility index (Phi) is 7.61. The molecule has 1 aromatic carbocycles. The molecule has 0 unspecified atom stereocenters. The quantitative estimate of drug-likeness (QED) is 0.367. The van der Waals surface area contributed by atoms with E-state index in [9.17, 15) is 19.5 Å². The van der Waals surface area contributed by atoms with Crippen LogP contribution in [0.15, 0.2) is 18.2 Å². The lowest BCUT2D eigenvalue weighted by atomic mass is 9.80. The number of carbonyl (C=O) groups excluding carboxylic acids is 2. The largest absolute Gasteiger partial charge is 0.481 e. The van der Waals surface area contributed by atoms with E-state index in [1.807, 2.05) is 32.9 Å². The van der Waals surface area contributed by atoms with Crippen molar-refractivity contribution in [2.45, 2.75) is 109 Å². The van der Waals surface area contributed by atoms with Crippen molar-refractivity contribution in [2.75, 3.05) is 0 Å². The number of carboxylic acid groups (broad SMARTS) is 1. The summed E-state index contributed by atoms with van der Waals surface area (Å²) >= 11 is 1.40. The number of carboxylic acids is 1. The maximum Gasteiger partial charge on any atom is 0.306 e. The predicted molar refractivity (Wildman–Crippen MR) is 153 cm³/mol. The van der Waals surface area contributed by atoms with E-state index < -0.39 is 5.97 Å². The third kappa shape index (κ3) is 6.53. The molecule has 0 radical (unpaired) electrons. The summed E-state index contributed by atoms with van der Waals surface area (Å²) < 4.78 is 0. The Morgan fingerprint density at radius 3 is 2.36 bits per heavy atom. The second-order valence-electron chi connectivity index (χ2n) is 13.2. The molecule has 0 bridgehead atoms. The van der Waals surface area contributed by atoms with Gasteiger partial charge in [-0.2, -0.15) is 0 Å². The second kappa shape index (κ2) is 10.7. The van der Waals surface area contributed by atoms with Gasteiger partial charge in [-0.25, -0.2) is 4.98 Å². The van der Waals surface area contributed by atoms with E-state index in [0.717, 1.165) is 41.0 Å². The summed E-state index contributed by atoms with van der Waals surface area (Å²) in [6, 6.07) is 6.06. The van der Waals surface area contributed by atoms with E-state index >= 15 is 0 Å². The monoisotopic (exact) mass is 551 g/mol. The number of benzene rings is 1. The van der Waals surface area contributed by atoms with Crippen molar-refractivity contribution in [3.63, 3.8) is 0 Å². The molecule has 2 amide bonds. The van der Waals surface area contributed by atoms with Crippen LogP contribution in [0, 0.1) is 11.8 Å². The van der Waals surface area contributed by atoms with E-state index in [1.165, 1.54) is 43.4 Å². The Morgan fingerprint density at radius 1 is 1.05 bits per heavy atom. The third-order valence-electron chi connectivity index (χ3n) is 8.56. The standard InChI is InChI=1S/C31H41N3O4S/c1-30(2,3)34-26(35)20-13-19(14-22(15-20)31(4)10-11-31)25-24(12-18-8-6-5-7-9-18)33-28(39-25)27(36)32-23-16-21(17-23)29(37)38/h13-15,18,21,23H,5-12,16-17H2,1-4H3,(H,32,36)(H,34,35)(H,37,38)/t21-,23-. The first kappa shape index (κ1) is 27.8. The molecule has 3 N–H and O–H groups in total. The summed E-state index contributed by atoms with van der Waals surface area (Å²) in [5, 5.41) is 15.7. The zero-order chi connectivity index (χ0) is 27.9. The molecule has 0 aliphatic heterocycles. The molecule has 3 aliphatic carbocycles. The van der Waals surface area contributed by atoms with Crippen LogP contribution < -0.4 is 10.6 Å². The first-order valence-electron chi connectivity index (χ1n) is 14.4. The molecule has 7 nitrogen and oxygen atoms in total. The molecule has 3 aliphatic rings. The fourth-order valence-corrected chi connectivity index (χ4v) is 6.77. The van der Waals surface area contributed by atoms with E-state index in [1.54, 1.807) is 0 Å². The minimum Gasteiger partial charge on any atom is -0.481 e. The minimum absolute atomic E-state index is 0.0755. The van der Waals surface area contributed by atoms with Crippen LogP contribution in [0.3, 0.4) is 0 Å². The number of thiazole rings is 1. The Morgan fingerprint density at radius 2 is 1.74 bits per heavy atom. The molecular formula is C31H41N3O4S. The molecule has 5 rings (SSSR count). The van der Waals surface area contributed by atoms with E-state index in [-0.39, 0.29) is 34.7 Å². The van der Waals surface area contributed by atoms with Gasteiger partial charge in [-0.15, -0.1) is 11.3 Å². The van der Waals surface area contributed by atoms with Gasteiger partial charge in [-0.1, -0.05) is 39.0 Å². The van der Waals surface area contributed by atoms with E-state index in [0.29, 0.717) is 29.3 Å². The molecule has 39 heavy (non-hydrogen) atoms. The van der Waals surface area contributed by atoms with Crippen LogP contribution in [0.5, 0.6) is 0 Å². The third-order valence-corrected chi connectivity index (χ3v) is 9.71. The van der Waals surface area contributed by atoms with Gasteiger partial charge in [-0.3, -0.25) is 14.4 Å². The number of hydrogen-bond donors (Lipinski definition) is 3. The fourth-order valence-electron chi connectivity index (χ4n) is 5.79. The van der Waals surface area contributed by atoms with E-state index in [2.05, 4.69) is 23.6 Å². The summed E-state index contributed by atoms with van der Waals surface area (Å²) in [6.45, 7) is 8.19. The number of aliphatic carboxylic acids is 1. The van der Waals surface area contributed by atoms with Crippen LogP contribution in [-0.4, -0.2) is 39.5 Å². The van der Waals surface area contributed by atoms with Gasteiger partial charge in [0.15, 0.2) is 5.01 Å². The Labute approximate surface area is 235 Å². The van der Waals surface area contributed by atoms with Crippen molar-refractivity contribution < 1.29 is 19.5 Å². The van der Waals surface area contributed by atoms with Crippen molar-refractivity contribution in [3.8, 4) is 10.4 Å². The topological polar surface area (TPSA) is 108 Å². The molecule has 8 heteroatoms. The number of carbonyl (C=O) groups is 3. The number of rotatable bonds is 8. The summed E-state index contributed by atoms with van der Waals surface area (Å²) in [5.74, 6) is -0.966. The molecule has 1 aromatic heterocycles. The summed E-state index contributed by atoms with van der Waals surface area (Å²) in [4.78, 5) is 43.5. The SMILES string of the molecule is CC(C)(C)NC(=O)c1cc(-c2sc(C(=O)N[C@H]3C[C@H](C(=O)O)C3)nc2CC2CCCCC2)cc(C2(C)CC2)c1. The number of aromatic nitrogens is 1. The van der Waals surface area contributed by atoms with Crippen molar-refractivity contribution in [2.24, 2.45) is 11.8 Å². The van der Waals surface area contributed by atoms with Crippen molar-refractivity contribution in [3.05, 3.63) is 40.0 Å². The average Bonchev–Trinajstić information content (AvgIpc) is 3.46. The summed E-state index contributed by atoms with van der Waals surface area (Å²) in [5.41, 5.74) is 3.43. The number of amides is 2. The van der Waals surface area contributed by atoms with Gasteiger partial charge in [0.2, 0.25) is 0 Å². The summed E-state index contributed by atoms with van der Waals surface area (Å²) in [6.07, 6.45) is 10.0. The second-order valence-corrected chi connectivity index (χ2v) is 14.2. The van der Waals surface area contributed by atoms with Gasteiger partial charge < -0.3 is 15.7 Å². The molecule has 0 spiro atoms. The molecular weight excluding hydrogens is 510 g/mol.